The first-order valence-corrected chi connectivity index (χ1v) is 11.6. The summed E-state index contributed by atoms with van der Waals surface area (Å²) in [7, 11) is 0. The largest absolute Gasteiger partial charge is 0.356 e. The monoisotopic (exact) mass is 416 g/mol. The molecule has 2 amide bonds. The maximum Gasteiger partial charge on any atom is 0.220 e. The molecule has 1 atom stereocenters. The zero-order valence-corrected chi connectivity index (χ0v) is 18.1. The van der Waals surface area contributed by atoms with Gasteiger partial charge in [-0.2, -0.15) is 0 Å². The lowest BCUT2D eigenvalue weighted by molar-refractivity contribution is -0.129. The topological polar surface area (TPSA) is 58.2 Å². The molecule has 1 aromatic rings. The summed E-state index contributed by atoms with van der Waals surface area (Å²) in [6.45, 7) is 2.77. The van der Waals surface area contributed by atoms with Crippen molar-refractivity contribution in [2.45, 2.75) is 70.8 Å². The van der Waals surface area contributed by atoms with Gasteiger partial charge in [0.25, 0.3) is 0 Å². The van der Waals surface area contributed by atoms with E-state index in [2.05, 4.69) is 17.6 Å². The Morgan fingerprint density at radius 2 is 1.55 bits per heavy atom. The minimum absolute atomic E-state index is 0.0149. The van der Waals surface area contributed by atoms with Gasteiger partial charge in [-0.05, 0) is 92.7 Å². The summed E-state index contributed by atoms with van der Waals surface area (Å²) >= 11 is 5.88. The highest BCUT2D eigenvalue weighted by molar-refractivity contribution is 6.30. The van der Waals surface area contributed by atoms with Crippen LogP contribution in [0, 0.1) is 23.2 Å². The van der Waals surface area contributed by atoms with E-state index >= 15 is 0 Å². The Hall–Kier alpha value is -1.55. The molecule has 0 radical (unpaired) electrons. The van der Waals surface area contributed by atoms with E-state index in [4.69, 9.17) is 11.6 Å². The maximum atomic E-state index is 12.5. The highest BCUT2D eigenvalue weighted by Gasteiger charge is 2.53. The van der Waals surface area contributed by atoms with Gasteiger partial charge in [-0.25, -0.2) is 0 Å². The fraction of sp³-hybridized carbons (Fsp3) is 0.667. The highest BCUT2D eigenvalue weighted by atomic mass is 35.5. The van der Waals surface area contributed by atoms with E-state index in [0.29, 0.717) is 17.0 Å². The second-order valence-electron chi connectivity index (χ2n) is 9.80. The van der Waals surface area contributed by atoms with Crippen molar-refractivity contribution >= 4 is 23.4 Å². The SMILES string of the molecule is C[C@@H](NC(=O)CCC(=O)NCCc1ccc(Cl)cc1)C12CC3CC(CC(C3)C1)C2. The van der Waals surface area contributed by atoms with E-state index in [0.717, 1.165) is 29.7 Å². The standard InChI is InChI=1S/C24H33ClN2O2/c1-16(24-13-18-10-19(14-24)12-20(11-18)15-24)27-23(29)7-6-22(28)26-9-8-17-2-4-21(25)5-3-17/h2-5,16,18-20H,6-15H2,1H3,(H,26,28)(H,27,29)/t16-,18?,19?,20?,24?/m1/s1. The summed E-state index contributed by atoms with van der Waals surface area (Å²) in [5.74, 6) is 2.60. The van der Waals surface area contributed by atoms with Crippen molar-refractivity contribution in [2.75, 3.05) is 6.54 Å². The first kappa shape index (κ1) is 20.7. The molecule has 158 valence electrons. The number of rotatable bonds is 8. The van der Waals surface area contributed by atoms with Gasteiger partial charge in [0, 0.05) is 30.5 Å². The number of halogens is 1. The molecule has 0 unspecified atom stereocenters. The van der Waals surface area contributed by atoms with Crippen molar-refractivity contribution in [1.82, 2.24) is 10.6 Å². The molecule has 0 aliphatic heterocycles. The molecule has 4 saturated carbocycles. The van der Waals surface area contributed by atoms with Crippen molar-refractivity contribution in [3.63, 3.8) is 0 Å². The molecule has 4 bridgehead atoms. The molecule has 0 saturated heterocycles. The van der Waals surface area contributed by atoms with Crippen LogP contribution in [-0.2, 0) is 16.0 Å². The van der Waals surface area contributed by atoms with Crippen molar-refractivity contribution in [2.24, 2.45) is 23.2 Å². The molecule has 4 fully saturated rings. The van der Waals surface area contributed by atoms with Crippen LogP contribution < -0.4 is 10.6 Å². The second-order valence-corrected chi connectivity index (χ2v) is 10.2. The summed E-state index contributed by atoms with van der Waals surface area (Å²) in [5.41, 5.74) is 1.45. The first-order chi connectivity index (χ1) is 13.9. The Morgan fingerprint density at radius 1 is 1.00 bits per heavy atom. The minimum Gasteiger partial charge on any atom is -0.356 e. The molecule has 0 aromatic heterocycles. The van der Waals surface area contributed by atoms with Crippen LogP contribution in [0.1, 0.15) is 63.9 Å². The molecule has 0 spiro atoms. The minimum atomic E-state index is -0.0587. The first-order valence-electron chi connectivity index (χ1n) is 11.2. The molecule has 1 aromatic carbocycles. The molecular formula is C24H33ClN2O2. The van der Waals surface area contributed by atoms with E-state index in [1.165, 1.54) is 38.5 Å². The van der Waals surface area contributed by atoms with E-state index in [1.54, 1.807) is 0 Å². The average Bonchev–Trinajstić information content (AvgIpc) is 2.67. The van der Waals surface area contributed by atoms with Crippen LogP contribution in [0.2, 0.25) is 5.02 Å². The highest BCUT2D eigenvalue weighted by Crippen LogP contribution is 2.61. The fourth-order valence-corrected chi connectivity index (χ4v) is 6.61. The van der Waals surface area contributed by atoms with Gasteiger partial charge in [-0.3, -0.25) is 9.59 Å². The van der Waals surface area contributed by atoms with Crippen LogP contribution in [0.15, 0.2) is 24.3 Å². The summed E-state index contributed by atoms with van der Waals surface area (Å²) in [6.07, 6.45) is 9.37. The molecular weight excluding hydrogens is 384 g/mol. The van der Waals surface area contributed by atoms with Gasteiger partial charge in [0.05, 0.1) is 0 Å². The molecule has 29 heavy (non-hydrogen) atoms. The zero-order valence-electron chi connectivity index (χ0n) is 17.4. The van der Waals surface area contributed by atoms with Gasteiger partial charge in [-0.1, -0.05) is 23.7 Å². The number of benzene rings is 1. The van der Waals surface area contributed by atoms with E-state index < -0.39 is 0 Å². The molecule has 5 rings (SSSR count). The average molecular weight is 417 g/mol. The van der Waals surface area contributed by atoms with Crippen LogP contribution in [0.4, 0.5) is 0 Å². The fourth-order valence-electron chi connectivity index (χ4n) is 6.49. The molecule has 4 aliphatic rings. The molecule has 5 heteroatoms. The van der Waals surface area contributed by atoms with Gasteiger partial charge in [-0.15, -0.1) is 0 Å². The number of nitrogens with one attached hydrogen (secondary N) is 2. The Bertz CT molecular complexity index is 710. The molecule has 4 nitrogen and oxygen atoms in total. The van der Waals surface area contributed by atoms with Gasteiger partial charge in [0.2, 0.25) is 11.8 Å². The lowest BCUT2D eigenvalue weighted by atomic mass is 9.48. The Balaban J connectivity index is 1.17. The number of hydrogen-bond acceptors (Lipinski definition) is 2. The van der Waals surface area contributed by atoms with Crippen molar-refractivity contribution in [1.29, 1.82) is 0 Å². The summed E-state index contributed by atoms with van der Waals surface area (Å²) in [6, 6.07) is 7.86. The zero-order chi connectivity index (χ0) is 20.4. The number of carbonyl (C=O) groups is 2. The predicted molar refractivity (Wildman–Crippen MR) is 116 cm³/mol. The predicted octanol–water partition coefficient (Wildman–Crippen LogP) is 4.50. The third kappa shape index (κ3) is 4.96. The molecule has 2 N–H and O–H groups in total. The van der Waals surface area contributed by atoms with Crippen LogP contribution in [0.3, 0.4) is 0 Å². The smallest absolute Gasteiger partial charge is 0.220 e. The third-order valence-corrected chi connectivity index (χ3v) is 7.86. The Kier molecular flexibility index (Phi) is 6.19. The third-order valence-electron chi connectivity index (χ3n) is 7.61. The molecule has 0 heterocycles. The van der Waals surface area contributed by atoms with Crippen LogP contribution in [-0.4, -0.2) is 24.4 Å². The number of hydrogen-bond donors (Lipinski definition) is 2. The van der Waals surface area contributed by atoms with Crippen LogP contribution in [0.25, 0.3) is 0 Å². The molecule has 4 aliphatic carbocycles. The Morgan fingerprint density at radius 3 is 2.14 bits per heavy atom. The number of carbonyl (C=O) groups excluding carboxylic acids is 2. The van der Waals surface area contributed by atoms with Crippen molar-refractivity contribution in [3.8, 4) is 0 Å². The van der Waals surface area contributed by atoms with Gasteiger partial charge in [0.1, 0.15) is 0 Å². The summed E-state index contributed by atoms with van der Waals surface area (Å²) in [5, 5.41) is 6.87. The maximum absolute atomic E-state index is 12.5. The van der Waals surface area contributed by atoms with E-state index in [9.17, 15) is 9.59 Å². The normalized spacial score (nSPS) is 30.8. The van der Waals surface area contributed by atoms with Gasteiger partial charge >= 0.3 is 0 Å². The van der Waals surface area contributed by atoms with E-state index in [-0.39, 0.29) is 30.7 Å². The summed E-state index contributed by atoms with van der Waals surface area (Å²) < 4.78 is 0. The Labute approximate surface area is 179 Å². The number of amides is 2. The van der Waals surface area contributed by atoms with Gasteiger partial charge < -0.3 is 10.6 Å². The lowest BCUT2D eigenvalue weighted by Gasteiger charge is -2.59. The van der Waals surface area contributed by atoms with Crippen molar-refractivity contribution in [3.05, 3.63) is 34.9 Å². The van der Waals surface area contributed by atoms with Gasteiger partial charge in [0.15, 0.2) is 0 Å². The lowest BCUT2D eigenvalue weighted by Crippen LogP contribution is -2.55. The van der Waals surface area contributed by atoms with Crippen LogP contribution >= 0.6 is 11.6 Å². The van der Waals surface area contributed by atoms with Crippen LogP contribution in [0.5, 0.6) is 0 Å². The second kappa shape index (κ2) is 8.67. The van der Waals surface area contributed by atoms with E-state index in [1.807, 2.05) is 24.3 Å². The summed E-state index contributed by atoms with van der Waals surface area (Å²) in [4.78, 5) is 24.6. The quantitative estimate of drug-likeness (QED) is 0.655. The van der Waals surface area contributed by atoms with Crippen molar-refractivity contribution < 1.29 is 9.59 Å².